The number of halogens is 4. The number of alkyl halides is 3. The lowest BCUT2D eigenvalue weighted by molar-refractivity contribution is -0.159. The van der Waals surface area contributed by atoms with Crippen molar-refractivity contribution in [1.29, 1.82) is 0 Å². The Bertz CT molecular complexity index is 504. The van der Waals surface area contributed by atoms with Crippen LogP contribution in [-0.4, -0.2) is 30.0 Å². The minimum Gasteiger partial charge on any atom is -0.478 e. The number of hydrogen-bond acceptors (Lipinski definition) is 3. The fourth-order valence-electron chi connectivity index (χ4n) is 1.11. The van der Waals surface area contributed by atoms with Crippen molar-refractivity contribution in [2.75, 3.05) is 11.9 Å². The summed E-state index contributed by atoms with van der Waals surface area (Å²) < 4.78 is 39.6. The molecule has 0 bridgehead atoms. The highest BCUT2D eigenvalue weighted by Gasteiger charge is 2.30. The summed E-state index contributed by atoms with van der Waals surface area (Å²) in [5.74, 6) is -1.34. The Hall–Kier alpha value is -1.77. The van der Waals surface area contributed by atoms with E-state index in [9.17, 15) is 22.8 Å². The van der Waals surface area contributed by atoms with Crippen LogP contribution in [0.2, 0.25) is 0 Å². The van der Waals surface area contributed by atoms with Crippen LogP contribution in [-0.2, 0) is 4.74 Å². The van der Waals surface area contributed by atoms with Gasteiger partial charge >= 0.3 is 18.2 Å². The summed E-state index contributed by atoms with van der Waals surface area (Å²) in [7, 11) is 0. The molecule has 9 heteroatoms. The van der Waals surface area contributed by atoms with Crippen molar-refractivity contribution in [3.05, 3.63) is 28.2 Å². The fraction of sp³-hybridized carbons (Fsp3) is 0.200. The average molecular weight is 342 g/mol. The van der Waals surface area contributed by atoms with Crippen LogP contribution in [0.25, 0.3) is 0 Å². The molecule has 2 N–H and O–H groups in total. The molecular weight excluding hydrogens is 335 g/mol. The minimum absolute atomic E-state index is 0.179. The first-order valence-electron chi connectivity index (χ1n) is 4.73. The Kier molecular flexibility index (Phi) is 4.76. The maximum Gasteiger partial charge on any atom is 0.422 e. The Morgan fingerprint density at radius 3 is 2.53 bits per heavy atom. The number of carboxylic acid groups (broad SMARTS) is 1. The molecule has 19 heavy (non-hydrogen) atoms. The topological polar surface area (TPSA) is 75.6 Å². The van der Waals surface area contributed by atoms with Crippen LogP contribution in [0.3, 0.4) is 0 Å². The number of para-hydroxylation sites is 1. The summed E-state index contributed by atoms with van der Waals surface area (Å²) in [6, 6.07) is 4.01. The van der Waals surface area contributed by atoms with E-state index in [4.69, 9.17) is 5.11 Å². The van der Waals surface area contributed by atoms with Gasteiger partial charge in [0, 0.05) is 4.47 Å². The van der Waals surface area contributed by atoms with Crippen LogP contribution in [0.5, 0.6) is 0 Å². The first kappa shape index (κ1) is 15.3. The monoisotopic (exact) mass is 341 g/mol. The molecule has 0 fully saturated rings. The molecule has 104 valence electrons. The quantitative estimate of drug-likeness (QED) is 0.884. The highest BCUT2D eigenvalue weighted by Crippen LogP contribution is 2.27. The second-order valence-electron chi connectivity index (χ2n) is 3.28. The molecule has 0 saturated carbocycles. The van der Waals surface area contributed by atoms with E-state index in [0.29, 0.717) is 0 Å². The van der Waals surface area contributed by atoms with E-state index in [1.165, 1.54) is 18.2 Å². The number of carbonyl (C=O) groups excluding carboxylic acids is 1. The third-order valence-electron chi connectivity index (χ3n) is 1.84. The normalized spacial score (nSPS) is 10.9. The number of benzene rings is 1. The second-order valence-corrected chi connectivity index (χ2v) is 4.14. The number of ether oxygens (including phenoxy) is 1. The highest BCUT2D eigenvalue weighted by molar-refractivity contribution is 9.10. The van der Waals surface area contributed by atoms with E-state index in [1.807, 2.05) is 5.32 Å². The molecule has 0 spiro atoms. The summed E-state index contributed by atoms with van der Waals surface area (Å²) in [5, 5.41) is 10.8. The molecule has 0 aliphatic heterocycles. The number of anilines is 1. The Morgan fingerprint density at radius 1 is 1.37 bits per heavy atom. The van der Waals surface area contributed by atoms with Crippen molar-refractivity contribution in [3.63, 3.8) is 0 Å². The SMILES string of the molecule is O=C(Nc1c(Br)cccc1C(=O)O)OCC(F)(F)F. The molecule has 0 saturated heterocycles. The van der Waals surface area contributed by atoms with Gasteiger partial charge in [0.2, 0.25) is 0 Å². The summed E-state index contributed by atoms with van der Waals surface area (Å²) in [6.07, 6.45) is -6.05. The van der Waals surface area contributed by atoms with Gasteiger partial charge in [-0.3, -0.25) is 5.32 Å². The number of carbonyl (C=O) groups is 2. The molecule has 1 aromatic rings. The average Bonchev–Trinajstić information content (AvgIpc) is 2.28. The zero-order chi connectivity index (χ0) is 14.6. The number of amides is 1. The standard InChI is InChI=1S/C10H7BrF3NO4/c11-6-3-1-2-5(8(16)17)7(6)15-9(18)19-4-10(12,13)14/h1-3H,4H2,(H,15,18)(H,16,17). The van der Waals surface area contributed by atoms with Crippen molar-refractivity contribution in [3.8, 4) is 0 Å². The number of nitrogens with one attached hydrogen (secondary N) is 1. The van der Waals surface area contributed by atoms with Crippen molar-refractivity contribution in [1.82, 2.24) is 0 Å². The zero-order valence-corrected chi connectivity index (χ0v) is 10.7. The van der Waals surface area contributed by atoms with Gasteiger partial charge in [-0.2, -0.15) is 13.2 Å². The van der Waals surface area contributed by atoms with Crippen LogP contribution < -0.4 is 5.32 Å². The largest absolute Gasteiger partial charge is 0.478 e. The molecule has 1 amide bonds. The molecule has 0 radical (unpaired) electrons. The Morgan fingerprint density at radius 2 is 2.00 bits per heavy atom. The molecule has 0 aliphatic carbocycles. The first-order chi connectivity index (χ1) is 8.70. The number of aromatic carboxylic acids is 1. The van der Waals surface area contributed by atoms with Gasteiger partial charge in [0.05, 0.1) is 11.3 Å². The Labute approximate surface area is 113 Å². The van der Waals surface area contributed by atoms with Gasteiger partial charge in [-0.05, 0) is 28.1 Å². The molecule has 0 unspecified atom stereocenters. The zero-order valence-electron chi connectivity index (χ0n) is 9.12. The van der Waals surface area contributed by atoms with E-state index < -0.39 is 24.8 Å². The van der Waals surface area contributed by atoms with E-state index >= 15 is 0 Å². The van der Waals surface area contributed by atoms with Crippen LogP contribution in [0.15, 0.2) is 22.7 Å². The van der Waals surface area contributed by atoms with Gasteiger partial charge in [0.15, 0.2) is 6.61 Å². The van der Waals surface area contributed by atoms with Gasteiger partial charge in [-0.25, -0.2) is 9.59 Å². The van der Waals surface area contributed by atoms with E-state index in [-0.39, 0.29) is 15.7 Å². The molecule has 1 aromatic carbocycles. The summed E-state index contributed by atoms with van der Waals surface area (Å²) in [4.78, 5) is 22.0. The maximum atomic E-state index is 11.8. The summed E-state index contributed by atoms with van der Waals surface area (Å²) in [6.45, 7) is -1.76. The highest BCUT2D eigenvalue weighted by atomic mass is 79.9. The molecular formula is C10H7BrF3NO4. The Balaban J connectivity index is 2.82. The smallest absolute Gasteiger partial charge is 0.422 e. The summed E-state index contributed by atoms with van der Waals surface area (Å²) in [5.41, 5.74) is -0.458. The first-order valence-corrected chi connectivity index (χ1v) is 5.52. The van der Waals surface area contributed by atoms with Crippen LogP contribution in [0, 0.1) is 0 Å². The molecule has 1 rings (SSSR count). The van der Waals surface area contributed by atoms with E-state index in [0.717, 1.165) is 0 Å². The molecule has 0 atom stereocenters. The minimum atomic E-state index is -4.65. The summed E-state index contributed by atoms with van der Waals surface area (Å²) >= 11 is 2.98. The van der Waals surface area contributed by atoms with Crippen molar-refractivity contribution < 1.29 is 32.6 Å². The van der Waals surface area contributed by atoms with Gasteiger partial charge in [0.25, 0.3) is 0 Å². The third-order valence-corrected chi connectivity index (χ3v) is 2.50. The fourth-order valence-corrected chi connectivity index (χ4v) is 1.58. The van der Waals surface area contributed by atoms with Gasteiger partial charge in [-0.15, -0.1) is 0 Å². The van der Waals surface area contributed by atoms with E-state index in [2.05, 4.69) is 20.7 Å². The van der Waals surface area contributed by atoms with Crippen molar-refractivity contribution in [2.45, 2.75) is 6.18 Å². The predicted molar refractivity (Wildman–Crippen MR) is 62.1 cm³/mol. The van der Waals surface area contributed by atoms with Crippen LogP contribution in [0.4, 0.5) is 23.7 Å². The molecule has 5 nitrogen and oxygen atoms in total. The van der Waals surface area contributed by atoms with Gasteiger partial charge in [0.1, 0.15) is 0 Å². The number of hydrogen-bond donors (Lipinski definition) is 2. The van der Waals surface area contributed by atoms with Gasteiger partial charge < -0.3 is 9.84 Å². The third kappa shape index (κ3) is 4.78. The second kappa shape index (κ2) is 5.91. The lowest BCUT2D eigenvalue weighted by atomic mass is 10.2. The van der Waals surface area contributed by atoms with Gasteiger partial charge in [-0.1, -0.05) is 6.07 Å². The van der Waals surface area contributed by atoms with Crippen molar-refractivity contribution >= 4 is 33.7 Å². The molecule has 0 aliphatic rings. The number of carboxylic acids is 1. The van der Waals surface area contributed by atoms with E-state index in [1.54, 1.807) is 0 Å². The molecule has 0 aromatic heterocycles. The molecule has 0 heterocycles. The van der Waals surface area contributed by atoms with Crippen molar-refractivity contribution in [2.24, 2.45) is 0 Å². The van der Waals surface area contributed by atoms with Crippen LogP contribution in [0.1, 0.15) is 10.4 Å². The predicted octanol–water partition coefficient (Wildman–Crippen LogP) is 3.26. The van der Waals surface area contributed by atoms with Crippen LogP contribution >= 0.6 is 15.9 Å². The maximum absolute atomic E-state index is 11.8. The lowest BCUT2D eigenvalue weighted by Crippen LogP contribution is -2.24. The number of rotatable bonds is 3. The lowest BCUT2D eigenvalue weighted by Gasteiger charge is -2.12.